The fraction of sp³-hybridized carbons (Fsp3) is 0.192. The monoisotopic (exact) mass is 493 g/mol. The van der Waals surface area contributed by atoms with Gasteiger partial charge in [-0.1, -0.05) is 53.7 Å². The third-order valence-corrected chi connectivity index (χ3v) is 6.64. The van der Waals surface area contributed by atoms with Gasteiger partial charge in [-0.15, -0.1) is 0 Å². The van der Waals surface area contributed by atoms with Gasteiger partial charge in [-0.3, -0.25) is 14.6 Å². The van der Waals surface area contributed by atoms with Crippen molar-refractivity contribution in [3.8, 4) is 5.75 Å². The van der Waals surface area contributed by atoms with E-state index in [9.17, 15) is 9.59 Å². The first-order valence-electron chi connectivity index (χ1n) is 10.8. The number of amides is 2. The summed E-state index contributed by atoms with van der Waals surface area (Å²) in [4.78, 5) is 31.8. The van der Waals surface area contributed by atoms with Crippen molar-refractivity contribution in [2.24, 2.45) is 4.99 Å². The number of imide groups is 1. The van der Waals surface area contributed by atoms with Crippen molar-refractivity contribution in [3.63, 3.8) is 0 Å². The predicted molar refractivity (Wildman–Crippen MR) is 139 cm³/mol. The zero-order valence-corrected chi connectivity index (χ0v) is 20.2. The molecule has 174 valence electrons. The quantitative estimate of drug-likeness (QED) is 0.270. The molecule has 1 N–H and O–H groups in total. The molecule has 0 aromatic heterocycles. The molecular weight excluding hydrogens is 470 g/mol. The van der Waals surface area contributed by atoms with Crippen molar-refractivity contribution in [2.45, 2.75) is 18.1 Å². The van der Waals surface area contributed by atoms with Crippen molar-refractivity contribution < 1.29 is 14.3 Å². The molecule has 0 aliphatic carbocycles. The Morgan fingerprint density at radius 2 is 1.76 bits per heavy atom. The summed E-state index contributed by atoms with van der Waals surface area (Å²) in [6.45, 7) is 0.546. The van der Waals surface area contributed by atoms with E-state index in [0.29, 0.717) is 28.2 Å². The van der Waals surface area contributed by atoms with E-state index in [1.54, 1.807) is 43.5 Å². The molecule has 4 rings (SSSR count). The molecular formula is C26H24ClN3O3S. The highest BCUT2D eigenvalue weighted by Gasteiger charge is 2.40. The zero-order valence-electron chi connectivity index (χ0n) is 18.6. The maximum absolute atomic E-state index is 13.2. The number of hydrogen-bond donors (Lipinski definition) is 1. The van der Waals surface area contributed by atoms with E-state index in [4.69, 9.17) is 21.3 Å². The molecule has 0 bridgehead atoms. The van der Waals surface area contributed by atoms with E-state index in [1.807, 2.05) is 30.3 Å². The molecule has 34 heavy (non-hydrogen) atoms. The van der Waals surface area contributed by atoms with Crippen LogP contribution in [-0.2, 0) is 16.0 Å². The SMILES string of the molecule is COc1ccc(N2C(=O)C[C@H](SC(=NCCc3ccccc3)Nc3ccc(Cl)cc3)C2=O)cc1. The lowest BCUT2D eigenvalue weighted by Gasteiger charge is -2.16. The number of rotatable bonds is 7. The summed E-state index contributed by atoms with van der Waals surface area (Å²) >= 11 is 7.28. The maximum Gasteiger partial charge on any atom is 0.247 e. The molecule has 0 radical (unpaired) electrons. The summed E-state index contributed by atoms with van der Waals surface area (Å²) in [6.07, 6.45) is 0.873. The van der Waals surface area contributed by atoms with Gasteiger partial charge in [0.05, 0.1) is 12.8 Å². The third kappa shape index (κ3) is 5.98. The topological polar surface area (TPSA) is 71.0 Å². The van der Waals surface area contributed by atoms with Crippen LogP contribution in [0.4, 0.5) is 11.4 Å². The van der Waals surface area contributed by atoms with E-state index in [1.165, 1.54) is 22.2 Å². The Bertz CT molecular complexity index is 1170. The molecule has 3 aromatic carbocycles. The van der Waals surface area contributed by atoms with Gasteiger partial charge in [0.1, 0.15) is 11.0 Å². The summed E-state index contributed by atoms with van der Waals surface area (Å²) in [5.74, 6) is 0.172. The average Bonchev–Trinajstić information content (AvgIpc) is 3.13. The second kappa shape index (κ2) is 11.2. The number of amidine groups is 1. The summed E-state index contributed by atoms with van der Waals surface area (Å²) < 4.78 is 5.17. The number of benzene rings is 3. The highest BCUT2D eigenvalue weighted by molar-refractivity contribution is 8.15. The number of nitrogens with one attached hydrogen (secondary N) is 1. The second-order valence-corrected chi connectivity index (χ2v) is 9.26. The normalized spacial score (nSPS) is 16.1. The van der Waals surface area contributed by atoms with E-state index in [0.717, 1.165) is 12.1 Å². The average molecular weight is 494 g/mol. The molecule has 1 aliphatic heterocycles. The molecule has 6 nitrogen and oxygen atoms in total. The molecule has 0 spiro atoms. The molecule has 2 amide bonds. The largest absolute Gasteiger partial charge is 0.497 e. The van der Waals surface area contributed by atoms with Crippen molar-refractivity contribution in [1.29, 1.82) is 0 Å². The van der Waals surface area contributed by atoms with Gasteiger partial charge in [0.2, 0.25) is 11.8 Å². The van der Waals surface area contributed by atoms with Gasteiger partial charge in [-0.25, -0.2) is 4.90 Å². The van der Waals surface area contributed by atoms with E-state index in [2.05, 4.69) is 17.4 Å². The standard InChI is InChI=1S/C26H24ClN3O3S/c1-33-22-13-11-21(12-14-22)30-24(31)17-23(25(30)32)34-26(29-20-9-7-19(27)8-10-20)28-16-15-18-5-3-2-4-6-18/h2-14,23H,15-17H2,1H3,(H,28,29)/t23-/m0/s1. The van der Waals surface area contributed by atoms with Crippen LogP contribution in [-0.4, -0.2) is 35.9 Å². The molecule has 1 aliphatic rings. The van der Waals surface area contributed by atoms with Crippen LogP contribution in [0.25, 0.3) is 0 Å². The van der Waals surface area contributed by atoms with Gasteiger partial charge in [-0.05, 0) is 60.5 Å². The molecule has 3 aromatic rings. The molecule has 8 heteroatoms. The third-order valence-electron chi connectivity index (χ3n) is 5.28. The number of methoxy groups -OCH3 is 1. The minimum Gasteiger partial charge on any atom is -0.497 e. The van der Waals surface area contributed by atoms with Crippen molar-refractivity contribution in [3.05, 3.63) is 89.4 Å². The molecule has 0 unspecified atom stereocenters. The number of ether oxygens (including phenoxy) is 1. The van der Waals surface area contributed by atoms with Crippen molar-refractivity contribution in [2.75, 3.05) is 23.9 Å². The number of aliphatic imine (C=N–C) groups is 1. The fourth-order valence-corrected chi connectivity index (χ4v) is 4.70. The minimum atomic E-state index is -0.565. The number of halogens is 1. The number of carbonyl (C=O) groups excluding carboxylic acids is 2. The number of nitrogens with zero attached hydrogens (tertiary/aromatic N) is 2. The highest BCUT2D eigenvalue weighted by Crippen LogP contribution is 2.31. The Hall–Kier alpha value is -3.29. The molecule has 1 saturated heterocycles. The number of anilines is 2. The van der Waals surface area contributed by atoms with Crippen LogP contribution >= 0.6 is 23.4 Å². The molecule has 0 saturated carbocycles. The van der Waals surface area contributed by atoms with Crippen LogP contribution in [0.2, 0.25) is 5.02 Å². The second-order valence-electron chi connectivity index (χ2n) is 7.63. The summed E-state index contributed by atoms with van der Waals surface area (Å²) in [5.41, 5.74) is 2.52. The van der Waals surface area contributed by atoms with Crippen LogP contribution in [0.15, 0.2) is 83.9 Å². The number of thioether (sulfide) groups is 1. The zero-order chi connectivity index (χ0) is 23.9. The van der Waals surface area contributed by atoms with Gasteiger partial charge in [0.25, 0.3) is 0 Å². The summed E-state index contributed by atoms with van der Waals surface area (Å²) in [6, 6.07) is 24.2. The van der Waals surface area contributed by atoms with Gasteiger partial charge in [0.15, 0.2) is 5.17 Å². The van der Waals surface area contributed by atoms with Crippen LogP contribution in [0.3, 0.4) is 0 Å². The molecule has 1 atom stereocenters. The Morgan fingerprint density at radius 1 is 1.06 bits per heavy atom. The first-order valence-corrected chi connectivity index (χ1v) is 12.1. The van der Waals surface area contributed by atoms with Crippen molar-refractivity contribution >= 4 is 51.7 Å². The van der Waals surface area contributed by atoms with Crippen LogP contribution in [0.1, 0.15) is 12.0 Å². The Balaban J connectivity index is 1.49. The Kier molecular flexibility index (Phi) is 7.87. The van der Waals surface area contributed by atoms with E-state index in [-0.39, 0.29) is 18.2 Å². The van der Waals surface area contributed by atoms with Gasteiger partial charge >= 0.3 is 0 Å². The van der Waals surface area contributed by atoms with E-state index >= 15 is 0 Å². The smallest absolute Gasteiger partial charge is 0.247 e. The maximum atomic E-state index is 13.2. The number of hydrogen-bond acceptors (Lipinski definition) is 5. The first kappa shape index (κ1) is 23.9. The van der Waals surface area contributed by atoms with Gasteiger partial charge in [-0.2, -0.15) is 0 Å². The lowest BCUT2D eigenvalue weighted by molar-refractivity contribution is -0.121. The van der Waals surface area contributed by atoms with Crippen LogP contribution in [0, 0.1) is 0 Å². The summed E-state index contributed by atoms with van der Waals surface area (Å²) in [5, 5.41) is 3.93. The highest BCUT2D eigenvalue weighted by atomic mass is 35.5. The molecule has 1 heterocycles. The number of carbonyl (C=O) groups is 2. The first-order chi connectivity index (χ1) is 16.5. The van der Waals surface area contributed by atoms with Crippen LogP contribution in [0.5, 0.6) is 5.75 Å². The Morgan fingerprint density at radius 3 is 2.44 bits per heavy atom. The predicted octanol–water partition coefficient (Wildman–Crippen LogP) is 5.42. The van der Waals surface area contributed by atoms with E-state index < -0.39 is 5.25 Å². The lowest BCUT2D eigenvalue weighted by atomic mass is 10.2. The fourth-order valence-electron chi connectivity index (χ4n) is 3.53. The summed E-state index contributed by atoms with van der Waals surface area (Å²) in [7, 11) is 1.57. The van der Waals surface area contributed by atoms with Crippen molar-refractivity contribution in [1.82, 2.24) is 0 Å². The molecule has 1 fully saturated rings. The minimum absolute atomic E-state index is 0.107. The van der Waals surface area contributed by atoms with Gasteiger partial charge < -0.3 is 10.1 Å². The lowest BCUT2D eigenvalue weighted by Crippen LogP contribution is -2.31. The Labute approximate surface area is 208 Å². The van der Waals surface area contributed by atoms with Gasteiger partial charge in [0, 0.05) is 23.7 Å². The van der Waals surface area contributed by atoms with Crippen LogP contribution < -0.4 is 15.0 Å².